The molecule has 0 saturated heterocycles. The van der Waals surface area contributed by atoms with Crippen molar-refractivity contribution in [1.29, 1.82) is 0 Å². The van der Waals surface area contributed by atoms with Crippen LogP contribution in [0.2, 0.25) is 0 Å². The maximum atomic E-state index is 12.2. The monoisotopic (exact) mass is 366 g/mol. The average Bonchev–Trinajstić information content (AvgIpc) is 2.79. The molecule has 1 aromatic heterocycles. The van der Waals surface area contributed by atoms with E-state index >= 15 is 0 Å². The van der Waals surface area contributed by atoms with Crippen molar-refractivity contribution in [3.63, 3.8) is 0 Å². The molecule has 110 valence electrons. The molecule has 0 fully saturated rings. The van der Waals surface area contributed by atoms with Crippen LogP contribution in [0.4, 0.5) is 5.69 Å². The molecule has 1 aromatic carbocycles. The molecule has 1 heterocycles. The van der Waals surface area contributed by atoms with Gasteiger partial charge in [0.05, 0.1) is 8.66 Å². The molecule has 2 rings (SSSR count). The number of rotatable bonds is 4. The van der Waals surface area contributed by atoms with Gasteiger partial charge in [-0.3, -0.25) is 9.59 Å². The molecule has 0 radical (unpaired) electrons. The van der Waals surface area contributed by atoms with E-state index in [2.05, 4.69) is 26.6 Å². The molecule has 21 heavy (non-hydrogen) atoms. The predicted octanol–water partition coefficient (Wildman–Crippen LogP) is 3.82. The molecular formula is C15H15BrN2O2S. The highest BCUT2D eigenvalue weighted by atomic mass is 79.9. The molecule has 6 heteroatoms. The van der Waals surface area contributed by atoms with E-state index in [1.807, 2.05) is 19.9 Å². The quantitative estimate of drug-likeness (QED) is 0.863. The topological polar surface area (TPSA) is 58.2 Å². The van der Waals surface area contributed by atoms with E-state index in [1.54, 1.807) is 24.3 Å². The Morgan fingerprint density at radius 3 is 2.62 bits per heavy atom. The Kier molecular flexibility index (Phi) is 5.14. The minimum Gasteiger partial charge on any atom is -0.352 e. The zero-order chi connectivity index (χ0) is 15.4. The fourth-order valence-electron chi connectivity index (χ4n) is 1.77. The van der Waals surface area contributed by atoms with Crippen molar-refractivity contribution in [2.45, 2.75) is 13.8 Å². The summed E-state index contributed by atoms with van der Waals surface area (Å²) in [4.78, 5) is 24.6. The van der Waals surface area contributed by atoms with Gasteiger partial charge in [-0.05, 0) is 59.6 Å². The van der Waals surface area contributed by atoms with Crippen molar-refractivity contribution < 1.29 is 9.59 Å². The standard InChI is InChI=1S/C15H15BrN2O2S/c1-3-17-14(19)10-5-4-6-11(8-10)18-15(20)12-7-9(2)13(16)21-12/h4-8H,3H2,1-2H3,(H,17,19)(H,18,20). The fraction of sp³-hybridized carbons (Fsp3) is 0.200. The Morgan fingerprint density at radius 1 is 1.24 bits per heavy atom. The van der Waals surface area contributed by atoms with E-state index in [4.69, 9.17) is 0 Å². The molecule has 4 nitrogen and oxygen atoms in total. The number of carbonyl (C=O) groups is 2. The lowest BCUT2D eigenvalue weighted by Crippen LogP contribution is -2.22. The number of benzene rings is 1. The van der Waals surface area contributed by atoms with Gasteiger partial charge < -0.3 is 10.6 Å². The smallest absolute Gasteiger partial charge is 0.265 e. The van der Waals surface area contributed by atoms with Crippen LogP contribution in [-0.2, 0) is 0 Å². The molecule has 0 saturated carbocycles. The summed E-state index contributed by atoms with van der Waals surface area (Å²) in [5.41, 5.74) is 2.16. The fourth-order valence-corrected chi connectivity index (χ4v) is 3.20. The first kappa shape index (κ1) is 15.7. The van der Waals surface area contributed by atoms with Gasteiger partial charge in [-0.25, -0.2) is 0 Å². The SMILES string of the molecule is CCNC(=O)c1cccc(NC(=O)c2cc(C)c(Br)s2)c1. The number of anilines is 1. The summed E-state index contributed by atoms with van der Waals surface area (Å²) in [6.45, 7) is 4.37. The van der Waals surface area contributed by atoms with Crippen molar-refractivity contribution in [3.8, 4) is 0 Å². The molecule has 0 aliphatic rings. The Bertz CT molecular complexity index is 663. The molecule has 2 aromatic rings. The summed E-state index contributed by atoms with van der Waals surface area (Å²) in [5, 5.41) is 5.54. The maximum Gasteiger partial charge on any atom is 0.265 e. The zero-order valence-corrected chi connectivity index (χ0v) is 14.1. The second-order valence-electron chi connectivity index (χ2n) is 4.46. The summed E-state index contributed by atoms with van der Waals surface area (Å²) in [6.07, 6.45) is 0. The van der Waals surface area contributed by atoms with Crippen LogP contribution in [0.3, 0.4) is 0 Å². The highest BCUT2D eigenvalue weighted by Gasteiger charge is 2.12. The first-order valence-corrected chi connectivity index (χ1v) is 8.07. The van der Waals surface area contributed by atoms with Gasteiger partial charge in [0, 0.05) is 17.8 Å². The Balaban J connectivity index is 2.14. The van der Waals surface area contributed by atoms with Crippen LogP contribution in [0.15, 0.2) is 34.1 Å². The minimum absolute atomic E-state index is 0.150. The molecular weight excluding hydrogens is 352 g/mol. The molecule has 0 bridgehead atoms. The zero-order valence-electron chi connectivity index (χ0n) is 11.7. The first-order chi connectivity index (χ1) is 10.0. The number of hydrogen-bond acceptors (Lipinski definition) is 3. The van der Waals surface area contributed by atoms with Gasteiger partial charge in [0.15, 0.2) is 0 Å². The van der Waals surface area contributed by atoms with Crippen molar-refractivity contribution in [2.24, 2.45) is 0 Å². The molecule has 2 amide bonds. The summed E-state index contributed by atoms with van der Waals surface area (Å²) in [5.74, 6) is -0.329. The molecule has 0 spiro atoms. The van der Waals surface area contributed by atoms with Crippen LogP contribution in [-0.4, -0.2) is 18.4 Å². The normalized spacial score (nSPS) is 10.2. The van der Waals surface area contributed by atoms with Crippen LogP contribution >= 0.6 is 27.3 Å². The largest absolute Gasteiger partial charge is 0.352 e. The van der Waals surface area contributed by atoms with Crippen LogP contribution in [0, 0.1) is 6.92 Å². The molecule has 0 unspecified atom stereocenters. The second kappa shape index (κ2) is 6.87. The lowest BCUT2D eigenvalue weighted by atomic mass is 10.2. The third-order valence-corrected chi connectivity index (χ3v) is 4.94. The van der Waals surface area contributed by atoms with Crippen molar-refractivity contribution in [2.75, 3.05) is 11.9 Å². The van der Waals surface area contributed by atoms with Crippen LogP contribution < -0.4 is 10.6 Å². The van der Waals surface area contributed by atoms with Crippen LogP contribution in [0.5, 0.6) is 0 Å². The van der Waals surface area contributed by atoms with E-state index < -0.39 is 0 Å². The lowest BCUT2D eigenvalue weighted by Gasteiger charge is -2.06. The number of amides is 2. The molecule has 0 aliphatic heterocycles. The number of thiophene rings is 1. The van der Waals surface area contributed by atoms with E-state index in [0.29, 0.717) is 22.7 Å². The molecule has 0 aliphatic carbocycles. The number of carbonyl (C=O) groups excluding carboxylic acids is 2. The maximum absolute atomic E-state index is 12.2. The number of aryl methyl sites for hydroxylation is 1. The Hall–Kier alpha value is -1.66. The van der Waals surface area contributed by atoms with Gasteiger partial charge in [-0.15, -0.1) is 11.3 Å². The predicted molar refractivity (Wildman–Crippen MR) is 89.2 cm³/mol. The van der Waals surface area contributed by atoms with Gasteiger partial charge in [-0.2, -0.15) is 0 Å². The van der Waals surface area contributed by atoms with Gasteiger partial charge in [0.2, 0.25) is 0 Å². The van der Waals surface area contributed by atoms with Crippen molar-refractivity contribution in [3.05, 3.63) is 50.1 Å². The van der Waals surface area contributed by atoms with Crippen LogP contribution in [0.25, 0.3) is 0 Å². The third-order valence-electron chi connectivity index (χ3n) is 2.80. The van der Waals surface area contributed by atoms with Gasteiger partial charge in [-0.1, -0.05) is 6.07 Å². The third kappa shape index (κ3) is 3.92. The van der Waals surface area contributed by atoms with Gasteiger partial charge >= 0.3 is 0 Å². The summed E-state index contributed by atoms with van der Waals surface area (Å²) in [7, 11) is 0. The van der Waals surface area contributed by atoms with E-state index in [-0.39, 0.29) is 11.8 Å². The Labute approximate surface area is 135 Å². The average molecular weight is 367 g/mol. The first-order valence-electron chi connectivity index (χ1n) is 6.46. The second-order valence-corrected chi connectivity index (χ2v) is 6.83. The van der Waals surface area contributed by atoms with Crippen LogP contribution in [0.1, 0.15) is 32.5 Å². The molecule has 2 N–H and O–H groups in total. The number of nitrogens with one attached hydrogen (secondary N) is 2. The highest BCUT2D eigenvalue weighted by Crippen LogP contribution is 2.27. The van der Waals surface area contributed by atoms with E-state index in [1.165, 1.54) is 11.3 Å². The summed E-state index contributed by atoms with van der Waals surface area (Å²) >= 11 is 4.79. The van der Waals surface area contributed by atoms with Crippen molar-refractivity contribution >= 4 is 44.8 Å². The lowest BCUT2D eigenvalue weighted by molar-refractivity contribution is 0.0954. The highest BCUT2D eigenvalue weighted by molar-refractivity contribution is 9.11. The summed E-state index contributed by atoms with van der Waals surface area (Å²) < 4.78 is 0.948. The Morgan fingerprint density at radius 2 is 2.00 bits per heavy atom. The minimum atomic E-state index is -0.179. The van der Waals surface area contributed by atoms with E-state index in [9.17, 15) is 9.59 Å². The van der Waals surface area contributed by atoms with Crippen molar-refractivity contribution in [1.82, 2.24) is 5.32 Å². The van der Waals surface area contributed by atoms with E-state index in [0.717, 1.165) is 9.35 Å². The summed E-state index contributed by atoms with van der Waals surface area (Å²) in [6, 6.07) is 8.72. The number of halogens is 1. The molecule has 0 atom stereocenters. The van der Waals surface area contributed by atoms with Gasteiger partial charge in [0.1, 0.15) is 0 Å². The van der Waals surface area contributed by atoms with Gasteiger partial charge in [0.25, 0.3) is 11.8 Å². The number of hydrogen-bond donors (Lipinski definition) is 2.